The summed E-state index contributed by atoms with van der Waals surface area (Å²) in [5.74, 6) is -0.548. The minimum absolute atomic E-state index is 0.243. The maximum atomic E-state index is 11.2. The Hall–Kier alpha value is -0.653. The highest BCUT2D eigenvalue weighted by Gasteiger charge is 2.31. The van der Waals surface area contributed by atoms with Gasteiger partial charge in [0.25, 0.3) is 0 Å². The zero-order chi connectivity index (χ0) is 12.2. The molecule has 1 aliphatic heterocycles. The van der Waals surface area contributed by atoms with Gasteiger partial charge in [0.2, 0.25) is 6.29 Å². The van der Waals surface area contributed by atoms with Crippen molar-refractivity contribution in [2.45, 2.75) is 44.1 Å². The summed E-state index contributed by atoms with van der Waals surface area (Å²) in [5.41, 5.74) is 0.297. The lowest BCUT2D eigenvalue weighted by atomic mass is 10.1. The molecular formula is C11H20O4Si. The maximum Gasteiger partial charge on any atom is 0.335 e. The van der Waals surface area contributed by atoms with Crippen LogP contribution in [-0.4, -0.2) is 39.4 Å². The standard InChI is InChI=1S/C11H20O4Si/c1-8(2)10(13)15-9(12)7-11(16)5-3-4-6-14-11/h9,12H,1,3-7H2,2,16H3. The van der Waals surface area contributed by atoms with Gasteiger partial charge in [-0.25, -0.2) is 4.79 Å². The number of aliphatic hydroxyl groups is 1. The Morgan fingerprint density at radius 2 is 2.38 bits per heavy atom. The molecule has 0 aliphatic carbocycles. The third-order valence-electron chi connectivity index (χ3n) is 2.75. The normalized spacial score (nSPS) is 27.4. The molecule has 2 unspecified atom stereocenters. The van der Waals surface area contributed by atoms with E-state index in [0.29, 0.717) is 12.0 Å². The van der Waals surface area contributed by atoms with Crippen LogP contribution in [0.5, 0.6) is 0 Å². The largest absolute Gasteiger partial charge is 0.433 e. The average molecular weight is 244 g/mol. The third-order valence-corrected chi connectivity index (χ3v) is 3.95. The van der Waals surface area contributed by atoms with E-state index in [1.165, 1.54) is 0 Å². The molecule has 1 N–H and O–H groups in total. The molecule has 1 saturated heterocycles. The lowest BCUT2D eigenvalue weighted by Crippen LogP contribution is -2.41. The van der Waals surface area contributed by atoms with Crippen molar-refractivity contribution in [1.29, 1.82) is 0 Å². The first-order valence-corrected chi connectivity index (χ1v) is 6.61. The van der Waals surface area contributed by atoms with Crippen LogP contribution in [0.2, 0.25) is 0 Å². The van der Waals surface area contributed by atoms with Crippen molar-refractivity contribution in [3.05, 3.63) is 12.2 Å². The number of rotatable bonds is 4. The van der Waals surface area contributed by atoms with Crippen LogP contribution in [0.1, 0.15) is 32.6 Å². The Kier molecular flexibility index (Phi) is 4.70. The van der Waals surface area contributed by atoms with E-state index in [0.717, 1.165) is 36.1 Å². The van der Waals surface area contributed by atoms with Gasteiger partial charge in [-0.1, -0.05) is 6.58 Å². The number of carbonyl (C=O) groups is 1. The fourth-order valence-corrected chi connectivity index (χ4v) is 2.69. The van der Waals surface area contributed by atoms with Gasteiger partial charge in [-0.05, 0) is 26.2 Å². The van der Waals surface area contributed by atoms with E-state index < -0.39 is 12.3 Å². The molecule has 0 spiro atoms. The van der Waals surface area contributed by atoms with Gasteiger partial charge in [0.15, 0.2) is 0 Å². The molecule has 0 aromatic heterocycles. The SMILES string of the molecule is C=C(C)C(=O)OC(O)CC1([SiH3])CCCCO1. The van der Waals surface area contributed by atoms with E-state index in [9.17, 15) is 9.90 Å². The quantitative estimate of drug-likeness (QED) is 0.329. The molecule has 5 heteroatoms. The van der Waals surface area contributed by atoms with Gasteiger partial charge in [-0.2, -0.15) is 0 Å². The Balaban J connectivity index is 2.40. The summed E-state index contributed by atoms with van der Waals surface area (Å²) in [6.45, 7) is 5.76. The van der Waals surface area contributed by atoms with Crippen molar-refractivity contribution in [1.82, 2.24) is 0 Å². The number of carbonyl (C=O) groups excluding carboxylic acids is 1. The molecule has 2 atom stereocenters. The molecule has 92 valence electrons. The average Bonchev–Trinajstić information content (AvgIpc) is 2.17. The monoisotopic (exact) mass is 244 g/mol. The van der Waals surface area contributed by atoms with E-state index in [1.807, 2.05) is 0 Å². The molecule has 1 heterocycles. The predicted octanol–water partition coefficient (Wildman–Crippen LogP) is 0.0764. The molecule has 1 aliphatic rings. The Morgan fingerprint density at radius 3 is 2.88 bits per heavy atom. The molecule has 1 rings (SSSR count). The summed E-state index contributed by atoms with van der Waals surface area (Å²) in [4.78, 5) is 11.2. The molecule has 0 bridgehead atoms. The van der Waals surface area contributed by atoms with Crippen molar-refractivity contribution in [3.8, 4) is 0 Å². The van der Waals surface area contributed by atoms with E-state index in [-0.39, 0.29) is 5.22 Å². The highest BCUT2D eigenvalue weighted by Crippen LogP contribution is 2.26. The number of hydrogen-bond donors (Lipinski definition) is 1. The van der Waals surface area contributed by atoms with Crippen LogP contribution in [0.25, 0.3) is 0 Å². The summed E-state index contributed by atoms with van der Waals surface area (Å²) >= 11 is 0. The Morgan fingerprint density at radius 1 is 1.69 bits per heavy atom. The van der Waals surface area contributed by atoms with Crippen molar-refractivity contribution in [2.24, 2.45) is 0 Å². The zero-order valence-electron chi connectivity index (χ0n) is 9.99. The number of ether oxygens (including phenoxy) is 2. The zero-order valence-corrected chi connectivity index (χ0v) is 12.0. The summed E-state index contributed by atoms with van der Waals surface area (Å²) in [6, 6.07) is 0. The van der Waals surface area contributed by atoms with Crippen molar-refractivity contribution in [3.63, 3.8) is 0 Å². The van der Waals surface area contributed by atoms with Crippen LogP contribution >= 0.6 is 0 Å². The van der Waals surface area contributed by atoms with Crippen molar-refractivity contribution < 1.29 is 19.4 Å². The number of esters is 1. The van der Waals surface area contributed by atoms with E-state index in [4.69, 9.17) is 9.47 Å². The molecule has 16 heavy (non-hydrogen) atoms. The van der Waals surface area contributed by atoms with Crippen LogP contribution in [0, 0.1) is 0 Å². The third kappa shape index (κ3) is 4.07. The molecule has 4 nitrogen and oxygen atoms in total. The van der Waals surface area contributed by atoms with Gasteiger partial charge in [0.05, 0.1) is 5.22 Å². The van der Waals surface area contributed by atoms with Gasteiger partial charge >= 0.3 is 5.97 Å². The van der Waals surface area contributed by atoms with Gasteiger partial charge in [0.1, 0.15) is 0 Å². The smallest absolute Gasteiger partial charge is 0.335 e. The topological polar surface area (TPSA) is 55.8 Å². The van der Waals surface area contributed by atoms with Gasteiger partial charge in [-0.15, -0.1) is 0 Å². The van der Waals surface area contributed by atoms with Crippen LogP contribution in [0.3, 0.4) is 0 Å². The van der Waals surface area contributed by atoms with Crippen LogP contribution in [0.15, 0.2) is 12.2 Å². The molecule has 0 aromatic carbocycles. The Labute approximate surface area is 99.0 Å². The first kappa shape index (κ1) is 13.4. The summed E-state index contributed by atoms with van der Waals surface area (Å²) < 4.78 is 10.5. The Bertz CT molecular complexity index is 271. The lowest BCUT2D eigenvalue weighted by molar-refractivity contribution is -0.172. The summed E-state index contributed by atoms with van der Waals surface area (Å²) in [7, 11) is 0.829. The molecule has 1 fully saturated rings. The fourth-order valence-electron chi connectivity index (χ4n) is 1.79. The predicted molar refractivity (Wildman–Crippen MR) is 64.0 cm³/mol. The second-order valence-corrected chi connectivity index (χ2v) is 6.42. The highest BCUT2D eigenvalue weighted by molar-refractivity contribution is 6.14. The fraction of sp³-hybridized carbons (Fsp3) is 0.727. The highest BCUT2D eigenvalue weighted by atomic mass is 28.1. The van der Waals surface area contributed by atoms with Crippen molar-refractivity contribution >= 4 is 16.2 Å². The minimum atomic E-state index is -1.08. The van der Waals surface area contributed by atoms with Crippen LogP contribution in [-0.2, 0) is 14.3 Å². The molecule has 0 amide bonds. The molecule has 0 aromatic rings. The summed E-state index contributed by atoms with van der Waals surface area (Å²) in [6.07, 6.45) is 2.43. The number of aliphatic hydroxyl groups excluding tert-OH is 1. The first-order valence-electron chi connectivity index (χ1n) is 5.61. The maximum absolute atomic E-state index is 11.2. The van der Waals surface area contributed by atoms with Gasteiger partial charge < -0.3 is 14.6 Å². The summed E-state index contributed by atoms with van der Waals surface area (Å²) in [5, 5.41) is 9.40. The number of hydrogen-bond acceptors (Lipinski definition) is 4. The minimum Gasteiger partial charge on any atom is -0.433 e. The lowest BCUT2D eigenvalue weighted by Gasteiger charge is -2.35. The molecule has 0 radical (unpaired) electrons. The van der Waals surface area contributed by atoms with E-state index in [1.54, 1.807) is 6.92 Å². The van der Waals surface area contributed by atoms with E-state index >= 15 is 0 Å². The second kappa shape index (κ2) is 5.61. The van der Waals surface area contributed by atoms with Crippen LogP contribution < -0.4 is 0 Å². The first-order chi connectivity index (χ1) is 7.43. The second-order valence-electron chi connectivity index (χ2n) is 4.60. The van der Waals surface area contributed by atoms with Gasteiger partial charge in [-0.3, -0.25) is 0 Å². The molecular weight excluding hydrogens is 224 g/mol. The molecule has 0 saturated carbocycles. The van der Waals surface area contributed by atoms with E-state index in [2.05, 4.69) is 6.58 Å². The van der Waals surface area contributed by atoms with Crippen LogP contribution in [0.4, 0.5) is 0 Å². The van der Waals surface area contributed by atoms with Crippen molar-refractivity contribution in [2.75, 3.05) is 6.61 Å². The van der Waals surface area contributed by atoms with Gasteiger partial charge in [0, 0.05) is 28.8 Å².